The Morgan fingerprint density at radius 2 is 2.17 bits per heavy atom. The van der Waals surface area contributed by atoms with E-state index in [0.717, 1.165) is 0 Å². The monoisotopic (exact) mass is 249 g/mol. The fourth-order valence-corrected chi connectivity index (χ4v) is 2.03. The van der Waals surface area contributed by atoms with E-state index in [-0.39, 0.29) is 17.5 Å². The second-order valence-electron chi connectivity index (χ2n) is 4.44. The molecule has 0 saturated carbocycles. The number of nitrogens with zero attached hydrogens (tertiary/aromatic N) is 1. The third-order valence-electron chi connectivity index (χ3n) is 2.82. The molecule has 0 spiro atoms. The molecule has 0 fully saturated rings. The number of carbonyl (C=O) groups excluding carboxylic acids is 1. The summed E-state index contributed by atoms with van der Waals surface area (Å²) >= 11 is 0. The molecule has 0 aliphatic carbocycles. The summed E-state index contributed by atoms with van der Waals surface area (Å²) in [7, 11) is 0. The van der Waals surface area contributed by atoms with E-state index in [0.29, 0.717) is 24.5 Å². The van der Waals surface area contributed by atoms with E-state index < -0.39 is 5.97 Å². The van der Waals surface area contributed by atoms with Crippen LogP contribution >= 0.6 is 0 Å². The molecule has 1 N–H and O–H groups in total. The van der Waals surface area contributed by atoms with Gasteiger partial charge < -0.3 is 14.7 Å². The maximum Gasteiger partial charge on any atom is 0.335 e. The zero-order valence-corrected chi connectivity index (χ0v) is 10.3. The number of rotatable bonds is 2. The van der Waals surface area contributed by atoms with Crippen molar-refractivity contribution in [1.29, 1.82) is 0 Å². The van der Waals surface area contributed by atoms with Gasteiger partial charge in [-0.3, -0.25) is 4.79 Å². The first kappa shape index (κ1) is 12.4. The smallest absolute Gasteiger partial charge is 0.335 e. The molecule has 1 aromatic carbocycles. The van der Waals surface area contributed by atoms with Gasteiger partial charge >= 0.3 is 5.97 Å². The van der Waals surface area contributed by atoms with Crippen molar-refractivity contribution in [2.45, 2.75) is 26.3 Å². The number of carbonyl (C=O) groups is 2. The third-order valence-corrected chi connectivity index (χ3v) is 2.82. The fraction of sp³-hybridized carbons (Fsp3) is 0.385. The van der Waals surface area contributed by atoms with Crippen molar-refractivity contribution < 1.29 is 19.4 Å². The predicted molar refractivity (Wildman–Crippen MR) is 66.1 cm³/mol. The molecule has 1 amide bonds. The van der Waals surface area contributed by atoms with Crippen molar-refractivity contribution in [1.82, 2.24) is 0 Å². The topological polar surface area (TPSA) is 66.8 Å². The number of carboxylic acids is 1. The van der Waals surface area contributed by atoms with Gasteiger partial charge in [-0.2, -0.15) is 0 Å². The van der Waals surface area contributed by atoms with Gasteiger partial charge in [-0.25, -0.2) is 4.79 Å². The van der Waals surface area contributed by atoms with E-state index in [1.807, 2.05) is 13.8 Å². The average Bonchev–Trinajstić information content (AvgIpc) is 2.45. The van der Waals surface area contributed by atoms with Crippen LogP contribution in [0.25, 0.3) is 0 Å². The molecular weight excluding hydrogens is 234 g/mol. The Morgan fingerprint density at radius 1 is 1.44 bits per heavy atom. The van der Waals surface area contributed by atoms with Gasteiger partial charge in [-0.15, -0.1) is 0 Å². The Balaban J connectivity index is 2.54. The number of benzene rings is 1. The van der Waals surface area contributed by atoms with Gasteiger partial charge in [-0.05, 0) is 32.0 Å². The van der Waals surface area contributed by atoms with Crippen LogP contribution in [0.3, 0.4) is 0 Å². The van der Waals surface area contributed by atoms with Crippen molar-refractivity contribution >= 4 is 17.6 Å². The first-order valence-electron chi connectivity index (χ1n) is 5.83. The summed E-state index contributed by atoms with van der Waals surface area (Å²) in [5.74, 6) is -0.510. The number of hydrogen-bond donors (Lipinski definition) is 1. The molecule has 1 aromatic rings. The Bertz CT molecular complexity index is 496. The number of aromatic carboxylic acids is 1. The molecule has 0 atom stereocenters. The lowest BCUT2D eigenvalue weighted by Crippen LogP contribution is -2.36. The number of hydrogen-bond acceptors (Lipinski definition) is 3. The normalized spacial score (nSPS) is 15.1. The second-order valence-corrected chi connectivity index (χ2v) is 4.44. The summed E-state index contributed by atoms with van der Waals surface area (Å²) in [5.41, 5.74) is 0.685. The van der Waals surface area contributed by atoms with Gasteiger partial charge in [0.25, 0.3) is 0 Å². The highest BCUT2D eigenvalue weighted by Crippen LogP contribution is 2.33. The maximum absolute atomic E-state index is 12.0. The fourth-order valence-electron chi connectivity index (χ4n) is 2.03. The summed E-state index contributed by atoms with van der Waals surface area (Å²) in [6.07, 6.45) is 0.301. The molecule has 2 rings (SSSR count). The first-order valence-corrected chi connectivity index (χ1v) is 5.83. The zero-order valence-electron chi connectivity index (χ0n) is 10.3. The Hall–Kier alpha value is -2.04. The van der Waals surface area contributed by atoms with Crippen LogP contribution in [0.4, 0.5) is 5.69 Å². The molecule has 5 nitrogen and oxygen atoms in total. The van der Waals surface area contributed by atoms with Crippen molar-refractivity contribution in [2.24, 2.45) is 0 Å². The van der Waals surface area contributed by atoms with E-state index in [4.69, 9.17) is 9.84 Å². The van der Waals surface area contributed by atoms with Crippen LogP contribution < -0.4 is 9.64 Å². The van der Waals surface area contributed by atoms with Crippen molar-refractivity contribution in [3.8, 4) is 5.75 Å². The highest BCUT2D eigenvalue weighted by molar-refractivity contribution is 5.98. The van der Waals surface area contributed by atoms with Gasteiger partial charge in [0.2, 0.25) is 5.91 Å². The molecule has 0 saturated heterocycles. The Labute approximate surface area is 105 Å². The standard InChI is InChI=1S/C13H15NO4/c1-8(2)14-10-7-9(13(16)17)3-4-11(10)18-6-5-12(14)15/h3-4,7-8H,5-6H2,1-2H3,(H,16,17). The average molecular weight is 249 g/mol. The molecular formula is C13H15NO4. The van der Waals surface area contributed by atoms with E-state index in [1.54, 1.807) is 11.0 Å². The highest BCUT2D eigenvalue weighted by atomic mass is 16.5. The van der Waals surface area contributed by atoms with Gasteiger partial charge in [0, 0.05) is 6.04 Å². The van der Waals surface area contributed by atoms with Gasteiger partial charge in [-0.1, -0.05) is 0 Å². The van der Waals surface area contributed by atoms with E-state index in [9.17, 15) is 9.59 Å². The third kappa shape index (κ3) is 2.16. The highest BCUT2D eigenvalue weighted by Gasteiger charge is 2.26. The summed E-state index contributed by atoms with van der Waals surface area (Å²) in [5, 5.41) is 9.00. The summed E-state index contributed by atoms with van der Waals surface area (Å²) in [4.78, 5) is 24.6. The number of ether oxygens (including phenoxy) is 1. The lowest BCUT2D eigenvalue weighted by molar-refractivity contribution is -0.119. The van der Waals surface area contributed by atoms with Crippen LogP contribution in [-0.4, -0.2) is 29.6 Å². The lowest BCUT2D eigenvalue weighted by Gasteiger charge is -2.26. The van der Waals surface area contributed by atoms with Crippen molar-refractivity contribution in [2.75, 3.05) is 11.5 Å². The van der Waals surface area contributed by atoms with E-state index in [2.05, 4.69) is 0 Å². The first-order chi connectivity index (χ1) is 8.50. The van der Waals surface area contributed by atoms with Crippen LogP contribution in [0, 0.1) is 0 Å². The van der Waals surface area contributed by atoms with Crippen LogP contribution in [0.15, 0.2) is 18.2 Å². The molecule has 96 valence electrons. The second kappa shape index (κ2) is 4.68. The van der Waals surface area contributed by atoms with Gasteiger partial charge in [0.05, 0.1) is 24.3 Å². The number of fused-ring (bicyclic) bond motifs is 1. The molecule has 0 bridgehead atoms. The maximum atomic E-state index is 12.0. The molecule has 18 heavy (non-hydrogen) atoms. The molecule has 0 unspecified atom stereocenters. The van der Waals surface area contributed by atoms with Crippen LogP contribution in [0.2, 0.25) is 0 Å². The molecule has 1 heterocycles. The zero-order chi connectivity index (χ0) is 13.3. The number of anilines is 1. The summed E-state index contributed by atoms with van der Waals surface area (Å²) in [6, 6.07) is 4.53. The van der Waals surface area contributed by atoms with Crippen molar-refractivity contribution in [3.63, 3.8) is 0 Å². The number of carboxylic acid groups (broad SMARTS) is 1. The molecule has 1 aliphatic rings. The minimum atomic E-state index is -1.02. The number of amides is 1. The SMILES string of the molecule is CC(C)N1C(=O)CCOc2ccc(C(=O)O)cc21. The largest absolute Gasteiger partial charge is 0.491 e. The van der Waals surface area contributed by atoms with Gasteiger partial charge in [0.1, 0.15) is 5.75 Å². The van der Waals surface area contributed by atoms with Crippen LogP contribution in [-0.2, 0) is 4.79 Å². The minimum absolute atomic E-state index is 0.0398. The Morgan fingerprint density at radius 3 is 2.78 bits per heavy atom. The summed E-state index contributed by atoms with van der Waals surface area (Å²) < 4.78 is 5.48. The lowest BCUT2D eigenvalue weighted by atomic mass is 10.1. The molecule has 1 aliphatic heterocycles. The Kier molecular flexibility index (Phi) is 3.23. The summed E-state index contributed by atoms with van der Waals surface area (Å²) in [6.45, 7) is 4.10. The predicted octanol–water partition coefficient (Wildman–Crippen LogP) is 1.91. The van der Waals surface area contributed by atoms with Gasteiger partial charge in [0.15, 0.2) is 0 Å². The van der Waals surface area contributed by atoms with E-state index >= 15 is 0 Å². The molecule has 0 aromatic heterocycles. The quantitative estimate of drug-likeness (QED) is 0.869. The van der Waals surface area contributed by atoms with Crippen LogP contribution in [0.1, 0.15) is 30.6 Å². The molecule has 5 heteroatoms. The van der Waals surface area contributed by atoms with Crippen LogP contribution in [0.5, 0.6) is 5.75 Å². The van der Waals surface area contributed by atoms with Crippen molar-refractivity contribution in [3.05, 3.63) is 23.8 Å². The minimum Gasteiger partial charge on any atom is -0.491 e. The molecule has 0 radical (unpaired) electrons. The van der Waals surface area contributed by atoms with E-state index in [1.165, 1.54) is 12.1 Å².